The molecule has 0 unspecified atom stereocenters. The molecule has 1 N–H and O–H groups in total. The third kappa shape index (κ3) is 2.99. The zero-order chi connectivity index (χ0) is 17.6. The molecule has 0 radical (unpaired) electrons. The number of rotatable bonds is 1. The molecule has 0 aliphatic carbocycles. The van der Waals surface area contributed by atoms with Crippen LogP contribution in [0.1, 0.15) is 41.7 Å². The first-order valence-electron chi connectivity index (χ1n) is 8.28. The van der Waals surface area contributed by atoms with Crippen molar-refractivity contribution >= 4 is 5.69 Å². The number of hydrogen-bond acceptors (Lipinski definition) is 2. The molecule has 0 aromatic heterocycles. The van der Waals surface area contributed by atoms with Crippen LogP contribution in [0.2, 0.25) is 0 Å². The van der Waals surface area contributed by atoms with E-state index in [1.54, 1.807) is 6.07 Å². The van der Waals surface area contributed by atoms with Gasteiger partial charge in [0.1, 0.15) is 5.82 Å². The van der Waals surface area contributed by atoms with E-state index in [9.17, 15) is 17.6 Å². The highest BCUT2D eigenvalue weighted by atomic mass is 19.4. The highest BCUT2D eigenvalue weighted by Crippen LogP contribution is 2.50. The number of alkyl halides is 3. The molecule has 25 heavy (non-hydrogen) atoms. The van der Waals surface area contributed by atoms with Crippen molar-refractivity contribution in [3.63, 3.8) is 0 Å². The Morgan fingerprint density at radius 1 is 1.08 bits per heavy atom. The van der Waals surface area contributed by atoms with E-state index in [2.05, 4.69) is 5.32 Å². The molecule has 2 aliphatic heterocycles. The highest BCUT2D eigenvalue weighted by molar-refractivity contribution is 5.58. The highest BCUT2D eigenvalue weighted by Gasteiger charge is 2.41. The second-order valence-corrected chi connectivity index (χ2v) is 6.57. The van der Waals surface area contributed by atoms with Crippen LogP contribution >= 0.6 is 0 Å². The summed E-state index contributed by atoms with van der Waals surface area (Å²) in [5.74, 6) is -0.364. The van der Waals surface area contributed by atoms with Crippen molar-refractivity contribution in [1.82, 2.24) is 0 Å². The molecule has 2 nitrogen and oxygen atoms in total. The first-order valence-corrected chi connectivity index (χ1v) is 8.28. The largest absolute Gasteiger partial charge is 0.416 e. The van der Waals surface area contributed by atoms with E-state index in [1.165, 1.54) is 24.3 Å². The molecule has 2 aromatic carbocycles. The topological polar surface area (TPSA) is 21.3 Å². The van der Waals surface area contributed by atoms with Crippen LogP contribution in [-0.4, -0.2) is 6.61 Å². The zero-order valence-corrected chi connectivity index (χ0v) is 13.3. The molecule has 0 spiro atoms. The van der Waals surface area contributed by atoms with Crippen LogP contribution in [0.5, 0.6) is 0 Å². The number of hydrogen-bond donors (Lipinski definition) is 1. The maximum atomic E-state index is 13.6. The lowest BCUT2D eigenvalue weighted by Gasteiger charge is -2.43. The maximum absolute atomic E-state index is 13.6. The fourth-order valence-corrected chi connectivity index (χ4v) is 3.88. The van der Waals surface area contributed by atoms with Crippen molar-refractivity contribution in [1.29, 1.82) is 0 Å². The summed E-state index contributed by atoms with van der Waals surface area (Å²) in [7, 11) is 0. The van der Waals surface area contributed by atoms with Crippen molar-refractivity contribution in [2.45, 2.75) is 31.2 Å². The Labute approximate surface area is 142 Å². The molecule has 4 rings (SSSR count). The standard InChI is InChI=1S/C19H17F4NO/c20-13-4-1-3-11(9-13)17-14-5-2-8-25-18(14)15-10-12(19(21,22)23)6-7-16(15)24-17/h1,3-4,6-7,9-10,14,17-18,24H,2,5,8H2/t14-,17-,18-/m0/s1. The third-order valence-corrected chi connectivity index (χ3v) is 5.00. The minimum atomic E-state index is -4.39. The molecule has 2 heterocycles. The summed E-state index contributed by atoms with van der Waals surface area (Å²) in [6, 6.07) is 9.83. The molecular formula is C19H17F4NO. The van der Waals surface area contributed by atoms with Gasteiger partial charge in [0.25, 0.3) is 0 Å². The maximum Gasteiger partial charge on any atom is 0.416 e. The van der Waals surface area contributed by atoms with E-state index in [4.69, 9.17) is 4.74 Å². The van der Waals surface area contributed by atoms with Crippen LogP contribution in [0.15, 0.2) is 42.5 Å². The molecule has 1 fully saturated rings. The fourth-order valence-electron chi connectivity index (χ4n) is 3.88. The second-order valence-electron chi connectivity index (χ2n) is 6.57. The molecular weight excluding hydrogens is 334 g/mol. The lowest BCUT2D eigenvalue weighted by Crippen LogP contribution is -2.36. The van der Waals surface area contributed by atoms with Gasteiger partial charge >= 0.3 is 6.18 Å². The lowest BCUT2D eigenvalue weighted by molar-refractivity contribution is -0.137. The molecule has 2 aromatic rings. The van der Waals surface area contributed by atoms with Crippen molar-refractivity contribution in [2.75, 3.05) is 11.9 Å². The van der Waals surface area contributed by atoms with Crippen LogP contribution < -0.4 is 5.32 Å². The van der Waals surface area contributed by atoms with E-state index >= 15 is 0 Å². The Kier molecular flexibility index (Phi) is 3.95. The Hall–Kier alpha value is -2.08. The van der Waals surface area contributed by atoms with Gasteiger partial charge in [-0.05, 0) is 48.7 Å². The quantitative estimate of drug-likeness (QED) is 0.687. The molecule has 0 amide bonds. The van der Waals surface area contributed by atoms with Crippen LogP contribution in [0.25, 0.3) is 0 Å². The first-order chi connectivity index (χ1) is 11.9. The summed E-state index contributed by atoms with van der Waals surface area (Å²) >= 11 is 0. The Morgan fingerprint density at radius 2 is 1.92 bits per heavy atom. The number of halogens is 4. The van der Waals surface area contributed by atoms with Crippen molar-refractivity contribution < 1.29 is 22.3 Å². The Bertz CT molecular complexity index is 789. The molecule has 1 saturated heterocycles. The predicted molar refractivity (Wildman–Crippen MR) is 85.6 cm³/mol. The second kappa shape index (κ2) is 6.02. The average Bonchev–Trinajstić information content (AvgIpc) is 2.60. The zero-order valence-electron chi connectivity index (χ0n) is 13.3. The molecule has 6 heteroatoms. The summed E-state index contributed by atoms with van der Waals surface area (Å²) < 4.78 is 58.7. The predicted octanol–water partition coefficient (Wildman–Crippen LogP) is 5.48. The van der Waals surface area contributed by atoms with Gasteiger partial charge in [-0.2, -0.15) is 13.2 Å². The summed E-state index contributed by atoms with van der Waals surface area (Å²) in [6.07, 6.45) is -3.16. The molecule has 132 valence electrons. The van der Waals surface area contributed by atoms with Gasteiger partial charge in [-0.15, -0.1) is 0 Å². The van der Waals surface area contributed by atoms with Crippen molar-refractivity contribution in [2.24, 2.45) is 5.92 Å². The Morgan fingerprint density at radius 3 is 2.68 bits per heavy atom. The van der Waals surface area contributed by atoms with E-state index in [0.717, 1.165) is 24.5 Å². The van der Waals surface area contributed by atoms with Crippen molar-refractivity contribution in [3.8, 4) is 0 Å². The van der Waals surface area contributed by atoms with Gasteiger partial charge in [-0.3, -0.25) is 0 Å². The van der Waals surface area contributed by atoms with Gasteiger partial charge in [-0.25, -0.2) is 4.39 Å². The molecule has 0 bridgehead atoms. The summed E-state index contributed by atoms with van der Waals surface area (Å²) in [6.45, 7) is 0.521. The average molecular weight is 351 g/mol. The molecule has 0 saturated carbocycles. The summed E-state index contributed by atoms with van der Waals surface area (Å²) in [5.41, 5.74) is 1.26. The van der Waals surface area contributed by atoms with Gasteiger partial charge in [0.05, 0.1) is 17.7 Å². The summed E-state index contributed by atoms with van der Waals surface area (Å²) in [5, 5.41) is 3.30. The normalized spacial score (nSPS) is 25.7. The number of fused-ring (bicyclic) bond motifs is 3. The van der Waals surface area contributed by atoms with Gasteiger partial charge in [-0.1, -0.05) is 12.1 Å². The van der Waals surface area contributed by atoms with E-state index in [0.29, 0.717) is 17.9 Å². The third-order valence-electron chi connectivity index (χ3n) is 5.00. The molecule has 2 aliphatic rings. The van der Waals surface area contributed by atoms with E-state index in [1.807, 2.05) is 6.07 Å². The SMILES string of the molecule is Fc1cccc([C@@H]2Nc3ccc(C(F)(F)F)cc3[C@H]3OCCC[C@H]32)c1. The number of anilines is 1. The van der Waals surface area contributed by atoms with Crippen LogP contribution in [-0.2, 0) is 10.9 Å². The number of benzene rings is 2. The van der Waals surface area contributed by atoms with Gasteiger partial charge in [0, 0.05) is 23.8 Å². The monoisotopic (exact) mass is 351 g/mol. The fraction of sp³-hybridized carbons (Fsp3) is 0.368. The Balaban J connectivity index is 1.78. The summed E-state index contributed by atoms with van der Waals surface area (Å²) in [4.78, 5) is 0. The van der Waals surface area contributed by atoms with Crippen LogP contribution in [0.4, 0.5) is 23.2 Å². The van der Waals surface area contributed by atoms with Crippen molar-refractivity contribution in [3.05, 3.63) is 65.0 Å². The van der Waals surface area contributed by atoms with Gasteiger partial charge in [0.15, 0.2) is 0 Å². The molecule has 3 atom stereocenters. The van der Waals surface area contributed by atoms with Crippen LogP contribution in [0.3, 0.4) is 0 Å². The number of ether oxygens (including phenoxy) is 1. The minimum absolute atomic E-state index is 0.0356. The van der Waals surface area contributed by atoms with Gasteiger partial charge in [0.2, 0.25) is 0 Å². The number of nitrogens with one attached hydrogen (secondary N) is 1. The van der Waals surface area contributed by atoms with E-state index in [-0.39, 0.29) is 17.8 Å². The van der Waals surface area contributed by atoms with Crippen LogP contribution in [0, 0.1) is 11.7 Å². The van der Waals surface area contributed by atoms with Gasteiger partial charge < -0.3 is 10.1 Å². The van der Waals surface area contributed by atoms with E-state index < -0.39 is 17.8 Å². The lowest BCUT2D eigenvalue weighted by atomic mass is 9.77. The first kappa shape index (κ1) is 16.4. The smallest absolute Gasteiger partial charge is 0.378 e. The minimum Gasteiger partial charge on any atom is -0.378 e.